The Bertz CT molecular complexity index is 440. The average Bonchev–Trinajstić information content (AvgIpc) is 2.45. The first-order valence-corrected chi connectivity index (χ1v) is 8.31. The van der Waals surface area contributed by atoms with Crippen molar-refractivity contribution < 1.29 is 0 Å². The topological polar surface area (TPSA) is 37.8 Å². The number of aryl methyl sites for hydroxylation is 1. The number of rotatable bonds is 5. The van der Waals surface area contributed by atoms with Gasteiger partial charge >= 0.3 is 0 Å². The van der Waals surface area contributed by atoms with Gasteiger partial charge in [0.1, 0.15) is 16.8 Å². The molecule has 1 fully saturated rings. The van der Waals surface area contributed by atoms with E-state index in [9.17, 15) is 0 Å². The van der Waals surface area contributed by atoms with E-state index in [4.69, 9.17) is 11.6 Å². The van der Waals surface area contributed by atoms with Crippen LogP contribution in [0.2, 0.25) is 5.15 Å². The fraction of sp³-hybridized carbons (Fsp3) is 0.750. The molecule has 20 heavy (non-hydrogen) atoms. The van der Waals surface area contributed by atoms with E-state index in [1.165, 1.54) is 32.1 Å². The molecule has 0 radical (unpaired) electrons. The van der Waals surface area contributed by atoms with Crippen LogP contribution in [-0.4, -0.2) is 16.0 Å². The maximum Gasteiger partial charge on any atom is 0.137 e. The molecule has 1 aliphatic carbocycles. The molecule has 0 bridgehead atoms. The average molecular weight is 296 g/mol. The predicted molar refractivity (Wildman–Crippen MR) is 85.4 cm³/mol. The van der Waals surface area contributed by atoms with Crippen molar-refractivity contribution >= 4 is 17.4 Å². The number of hydrogen-bond donors (Lipinski definition) is 1. The minimum absolute atomic E-state index is 0.539. The third-order valence-corrected chi connectivity index (χ3v) is 4.74. The van der Waals surface area contributed by atoms with E-state index >= 15 is 0 Å². The SMILES string of the molecule is CCCc1nc(Cl)c(C)c(NC2CCC(CC)CC2)n1. The maximum absolute atomic E-state index is 6.23. The van der Waals surface area contributed by atoms with Crippen LogP contribution in [0.5, 0.6) is 0 Å². The molecule has 1 N–H and O–H groups in total. The van der Waals surface area contributed by atoms with Gasteiger partial charge < -0.3 is 5.32 Å². The van der Waals surface area contributed by atoms with Gasteiger partial charge in [0.05, 0.1) is 0 Å². The van der Waals surface area contributed by atoms with E-state index in [1.807, 2.05) is 6.92 Å². The lowest BCUT2D eigenvalue weighted by Gasteiger charge is -2.29. The Hall–Kier alpha value is -0.830. The largest absolute Gasteiger partial charge is 0.367 e. The number of anilines is 1. The van der Waals surface area contributed by atoms with Crippen molar-refractivity contribution in [2.45, 2.75) is 71.8 Å². The van der Waals surface area contributed by atoms with Crippen LogP contribution < -0.4 is 5.32 Å². The van der Waals surface area contributed by atoms with Gasteiger partial charge in [0.15, 0.2) is 0 Å². The van der Waals surface area contributed by atoms with E-state index in [0.29, 0.717) is 11.2 Å². The monoisotopic (exact) mass is 295 g/mol. The van der Waals surface area contributed by atoms with Gasteiger partial charge in [-0.2, -0.15) is 0 Å². The lowest BCUT2D eigenvalue weighted by atomic mass is 9.84. The fourth-order valence-corrected chi connectivity index (χ4v) is 3.10. The van der Waals surface area contributed by atoms with Crippen LogP contribution in [0, 0.1) is 12.8 Å². The second kappa shape index (κ2) is 7.26. The van der Waals surface area contributed by atoms with Crippen molar-refractivity contribution in [3.05, 3.63) is 16.5 Å². The van der Waals surface area contributed by atoms with Gasteiger partial charge in [-0.3, -0.25) is 0 Å². The van der Waals surface area contributed by atoms with Crippen LogP contribution in [0.25, 0.3) is 0 Å². The Morgan fingerprint density at radius 2 is 1.85 bits per heavy atom. The molecule has 0 amide bonds. The highest BCUT2D eigenvalue weighted by Gasteiger charge is 2.21. The van der Waals surface area contributed by atoms with Crippen molar-refractivity contribution in [2.75, 3.05) is 5.32 Å². The van der Waals surface area contributed by atoms with Gasteiger partial charge in [-0.25, -0.2) is 9.97 Å². The van der Waals surface area contributed by atoms with Crippen LogP contribution in [0.15, 0.2) is 0 Å². The van der Waals surface area contributed by atoms with Gasteiger partial charge in [-0.05, 0) is 44.9 Å². The van der Waals surface area contributed by atoms with E-state index in [1.54, 1.807) is 0 Å². The molecule has 1 aromatic heterocycles. The van der Waals surface area contributed by atoms with Crippen molar-refractivity contribution in [2.24, 2.45) is 5.92 Å². The second-order valence-electron chi connectivity index (χ2n) is 5.92. The van der Waals surface area contributed by atoms with Crippen molar-refractivity contribution in [3.8, 4) is 0 Å². The van der Waals surface area contributed by atoms with Crippen LogP contribution in [0.4, 0.5) is 5.82 Å². The summed E-state index contributed by atoms with van der Waals surface area (Å²) in [6, 6.07) is 0.539. The van der Waals surface area contributed by atoms with Crippen LogP contribution >= 0.6 is 11.6 Å². The number of nitrogens with zero attached hydrogens (tertiary/aromatic N) is 2. The molecule has 0 saturated heterocycles. The molecule has 1 heterocycles. The van der Waals surface area contributed by atoms with E-state index in [2.05, 4.69) is 29.1 Å². The summed E-state index contributed by atoms with van der Waals surface area (Å²) in [6.07, 6.45) is 8.37. The van der Waals surface area contributed by atoms with Gasteiger partial charge in [0, 0.05) is 18.0 Å². The molecule has 3 nitrogen and oxygen atoms in total. The molecular weight excluding hydrogens is 270 g/mol. The predicted octanol–water partition coefficient (Wildman–Crippen LogP) is 4.77. The third kappa shape index (κ3) is 3.85. The number of aromatic nitrogens is 2. The number of hydrogen-bond acceptors (Lipinski definition) is 3. The lowest BCUT2D eigenvalue weighted by molar-refractivity contribution is 0.329. The minimum Gasteiger partial charge on any atom is -0.367 e. The first-order valence-electron chi connectivity index (χ1n) is 7.93. The molecule has 4 heteroatoms. The van der Waals surface area contributed by atoms with E-state index in [0.717, 1.165) is 36.0 Å². The van der Waals surface area contributed by atoms with Crippen molar-refractivity contribution in [1.29, 1.82) is 0 Å². The van der Waals surface area contributed by atoms with Gasteiger partial charge in [-0.15, -0.1) is 0 Å². The summed E-state index contributed by atoms with van der Waals surface area (Å²) in [5.74, 6) is 2.71. The second-order valence-corrected chi connectivity index (χ2v) is 6.28. The van der Waals surface area contributed by atoms with Gasteiger partial charge in [0.25, 0.3) is 0 Å². The van der Waals surface area contributed by atoms with Crippen LogP contribution in [0.1, 0.15) is 63.8 Å². The van der Waals surface area contributed by atoms with Crippen molar-refractivity contribution in [1.82, 2.24) is 9.97 Å². The highest BCUT2D eigenvalue weighted by Crippen LogP contribution is 2.29. The van der Waals surface area contributed by atoms with Gasteiger partial charge in [-0.1, -0.05) is 31.9 Å². The van der Waals surface area contributed by atoms with E-state index in [-0.39, 0.29) is 0 Å². The third-order valence-electron chi connectivity index (χ3n) is 4.37. The van der Waals surface area contributed by atoms with Crippen LogP contribution in [-0.2, 0) is 6.42 Å². The Labute approximate surface area is 127 Å². The Morgan fingerprint density at radius 1 is 1.15 bits per heavy atom. The zero-order chi connectivity index (χ0) is 14.5. The van der Waals surface area contributed by atoms with Gasteiger partial charge in [0.2, 0.25) is 0 Å². The summed E-state index contributed by atoms with van der Waals surface area (Å²) in [7, 11) is 0. The van der Waals surface area contributed by atoms with Crippen molar-refractivity contribution in [3.63, 3.8) is 0 Å². The zero-order valence-electron chi connectivity index (χ0n) is 12.9. The molecule has 1 aromatic rings. The molecule has 1 saturated carbocycles. The minimum atomic E-state index is 0.539. The fourth-order valence-electron chi connectivity index (χ4n) is 2.92. The molecule has 0 spiro atoms. The molecule has 1 aliphatic rings. The number of halogens is 1. The summed E-state index contributed by atoms with van der Waals surface area (Å²) < 4.78 is 0. The Morgan fingerprint density at radius 3 is 2.45 bits per heavy atom. The highest BCUT2D eigenvalue weighted by molar-refractivity contribution is 6.30. The summed E-state index contributed by atoms with van der Waals surface area (Å²) >= 11 is 6.23. The standard InChI is InChI=1S/C16H26ClN3/c1-4-6-14-19-15(17)11(3)16(20-14)18-13-9-7-12(5-2)8-10-13/h12-13H,4-10H2,1-3H3,(H,18,19,20). The van der Waals surface area contributed by atoms with Crippen LogP contribution in [0.3, 0.4) is 0 Å². The lowest BCUT2D eigenvalue weighted by Crippen LogP contribution is -2.27. The molecule has 0 unspecified atom stereocenters. The summed E-state index contributed by atoms with van der Waals surface area (Å²) in [5.41, 5.74) is 0.976. The Kier molecular flexibility index (Phi) is 5.64. The molecule has 0 atom stereocenters. The zero-order valence-corrected chi connectivity index (χ0v) is 13.6. The maximum atomic E-state index is 6.23. The summed E-state index contributed by atoms with van der Waals surface area (Å²) in [4.78, 5) is 9.01. The molecule has 0 aromatic carbocycles. The quantitative estimate of drug-likeness (QED) is 0.795. The molecule has 2 rings (SSSR count). The summed E-state index contributed by atoms with van der Waals surface area (Å²) in [5, 5.41) is 4.19. The normalized spacial score (nSPS) is 22.8. The molecule has 0 aliphatic heterocycles. The Balaban J connectivity index is 2.05. The smallest absolute Gasteiger partial charge is 0.137 e. The first-order chi connectivity index (χ1) is 9.63. The molecule has 112 valence electrons. The highest BCUT2D eigenvalue weighted by atomic mass is 35.5. The summed E-state index contributed by atoms with van der Waals surface area (Å²) in [6.45, 7) is 6.43. The number of nitrogens with one attached hydrogen (secondary N) is 1. The first kappa shape index (κ1) is 15.6. The van der Waals surface area contributed by atoms with E-state index < -0.39 is 0 Å². The molecular formula is C16H26ClN3.